The van der Waals surface area contributed by atoms with Gasteiger partial charge in [0.1, 0.15) is 5.82 Å². The van der Waals surface area contributed by atoms with E-state index in [0.717, 1.165) is 33.4 Å². The molecule has 0 saturated carbocycles. The van der Waals surface area contributed by atoms with E-state index in [-0.39, 0.29) is 0 Å². The van der Waals surface area contributed by atoms with Crippen LogP contribution in [0.1, 0.15) is 30.9 Å². The first kappa shape index (κ1) is 17.0. The summed E-state index contributed by atoms with van der Waals surface area (Å²) in [6.45, 7) is 5.24. The first-order chi connectivity index (χ1) is 12.6. The van der Waals surface area contributed by atoms with Gasteiger partial charge in [0.15, 0.2) is 0 Å². The fraction of sp³-hybridized carbons (Fsp3) is 0.174. The molecule has 1 aromatic heterocycles. The first-order valence-corrected chi connectivity index (χ1v) is 9.71. The number of hydrogen-bond donors (Lipinski definition) is 0. The van der Waals surface area contributed by atoms with Gasteiger partial charge in [0.05, 0.1) is 11.0 Å². The van der Waals surface area contributed by atoms with Crippen LogP contribution in [-0.4, -0.2) is 9.55 Å². The highest BCUT2D eigenvalue weighted by Crippen LogP contribution is 2.29. The minimum absolute atomic E-state index is 0.531. The maximum Gasteiger partial charge on any atom is 0.141 e. The van der Waals surface area contributed by atoms with Gasteiger partial charge in [-0.15, -0.1) is 0 Å². The molecule has 4 rings (SSSR count). The standard InChI is InChI=1S/C23H21BrN2/c1-16(2)18-8-10-19(11-9-18)23-25-21-13-12-20(24)14-22(21)26(23)15-17-6-4-3-5-7-17/h3-14,16H,15H2,1-2H3. The second kappa shape index (κ2) is 7.08. The molecule has 2 nitrogen and oxygen atoms in total. The van der Waals surface area contributed by atoms with Gasteiger partial charge in [-0.1, -0.05) is 84.4 Å². The van der Waals surface area contributed by atoms with Crippen molar-refractivity contribution in [3.05, 3.63) is 88.4 Å². The van der Waals surface area contributed by atoms with Gasteiger partial charge in [-0.25, -0.2) is 4.98 Å². The van der Waals surface area contributed by atoms with Gasteiger partial charge in [0, 0.05) is 16.6 Å². The predicted molar refractivity (Wildman–Crippen MR) is 113 cm³/mol. The van der Waals surface area contributed by atoms with Gasteiger partial charge in [0.25, 0.3) is 0 Å². The van der Waals surface area contributed by atoms with Crippen LogP contribution in [0.15, 0.2) is 77.3 Å². The molecule has 0 N–H and O–H groups in total. The van der Waals surface area contributed by atoms with Crippen molar-refractivity contribution in [3.8, 4) is 11.4 Å². The van der Waals surface area contributed by atoms with Crippen molar-refractivity contribution in [2.75, 3.05) is 0 Å². The Morgan fingerprint density at radius 1 is 0.923 bits per heavy atom. The van der Waals surface area contributed by atoms with Crippen molar-refractivity contribution in [3.63, 3.8) is 0 Å². The van der Waals surface area contributed by atoms with Crippen LogP contribution in [0.4, 0.5) is 0 Å². The summed E-state index contributed by atoms with van der Waals surface area (Å²) in [4.78, 5) is 4.94. The number of aromatic nitrogens is 2. The van der Waals surface area contributed by atoms with E-state index < -0.39 is 0 Å². The fourth-order valence-corrected chi connectivity index (χ4v) is 3.61. The normalized spacial score (nSPS) is 11.4. The number of rotatable bonds is 4. The van der Waals surface area contributed by atoms with E-state index in [2.05, 4.69) is 101 Å². The van der Waals surface area contributed by atoms with Crippen LogP contribution >= 0.6 is 15.9 Å². The number of halogens is 1. The van der Waals surface area contributed by atoms with Crippen LogP contribution in [0.25, 0.3) is 22.4 Å². The van der Waals surface area contributed by atoms with Crippen LogP contribution in [0.3, 0.4) is 0 Å². The summed E-state index contributed by atoms with van der Waals surface area (Å²) in [5, 5.41) is 0. The average Bonchev–Trinajstić information content (AvgIpc) is 3.00. The molecule has 130 valence electrons. The molecule has 0 aliphatic rings. The third-order valence-electron chi connectivity index (χ3n) is 4.73. The van der Waals surface area contributed by atoms with Crippen molar-refractivity contribution in [2.45, 2.75) is 26.3 Å². The Bertz CT molecular complexity index is 1030. The van der Waals surface area contributed by atoms with Crippen LogP contribution in [0.5, 0.6) is 0 Å². The van der Waals surface area contributed by atoms with Gasteiger partial charge in [-0.3, -0.25) is 0 Å². The zero-order valence-corrected chi connectivity index (χ0v) is 16.6. The molecule has 4 aromatic rings. The van der Waals surface area contributed by atoms with Crippen molar-refractivity contribution in [1.82, 2.24) is 9.55 Å². The summed E-state index contributed by atoms with van der Waals surface area (Å²) in [5.41, 5.74) is 5.94. The lowest BCUT2D eigenvalue weighted by atomic mass is 10.0. The molecule has 3 aromatic carbocycles. The van der Waals surface area contributed by atoms with E-state index in [1.165, 1.54) is 11.1 Å². The molecular formula is C23H21BrN2. The maximum atomic E-state index is 4.94. The molecule has 0 amide bonds. The molecule has 0 aliphatic heterocycles. The second-order valence-corrected chi connectivity index (χ2v) is 7.83. The van der Waals surface area contributed by atoms with E-state index in [9.17, 15) is 0 Å². The Labute approximate surface area is 162 Å². The molecule has 26 heavy (non-hydrogen) atoms. The summed E-state index contributed by atoms with van der Waals surface area (Å²) in [7, 11) is 0. The summed E-state index contributed by atoms with van der Waals surface area (Å²) >= 11 is 3.60. The summed E-state index contributed by atoms with van der Waals surface area (Å²) < 4.78 is 3.38. The van der Waals surface area contributed by atoms with Gasteiger partial charge in [0.2, 0.25) is 0 Å². The monoisotopic (exact) mass is 404 g/mol. The van der Waals surface area contributed by atoms with Crippen molar-refractivity contribution < 1.29 is 0 Å². The third kappa shape index (κ3) is 3.32. The SMILES string of the molecule is CC(C)c1ccc(-c2nc3ccc(Br)cc3n2Cc2ccccc2)cc1. The molecule has 1 heterocycles. The van der Waals surface area contributed by atoms with E-state index in [1.54, 1.807) is 0 Å². The zero-order valence-electron chi connectivity index (χ0n) is 15.0. The van der Waals surface area contributed by atoms with Gasteiger partial charge in [-0.05, 0) is 35.2 Å². The molecule has 0 aliphatic carbocycles. The topological polar surface area (TPSA) is 17.8 Å². The van der Waals surface area contributed by atoms with E-state index in [1.807, 2.05) is 6.07 Å². The number of hydrogen-bond acceptors (Lipinski definition) is 1. The van der Waals surface area contributed by atoms with Crippen molar-refractivity contribution >= 4 is 27.0 Å². The molecule has 0 unspecified atom stereocenters. The van der Waals surface area contributed by atoms with Gasteiger partial charge in [-0.2, -0.15) is 0 Å². The number of imidazole rings is 1. The zero-order chi connectivity index (χ0) is 18.1. The Hall–Kier alpha value is -2.39. The molecule has 0 saturated heterocycles. The Morgan fingerprint density at radius 3 is 2.35 bits per heavy atom. The lowest BCUT2D eigenvalue weighted by Crippen LogP contribution is -2.02. The maximum absolute atomic E-state index is 4.94. The minimum Gasteiger partial charge on any atom is -0.319 e. The number of benzene rings is 3. The largest absolute Gasteiger partial charge is 0.319 e. The van der Waals surface area contributed by atoms with Crippen LogP contribution < -0.4 is 0 Å². The predicted octanol–water partition coefficient (Wildman–Crippen LogP) is 6.64. The highest BCUT2D eigenvalue weighted by molar-refractivity contribution is 9.10. The Balaban J connectivity index is 1.86. The fourth-order valence-electron chi connectivity index (χ4n) is 3.26. The highest BCUT2D eigenvalue weighted by Gasteiger charge is 2.14. The summed E-state index contributed by atoms with van der Waals surface area (Å²) in [6.07, 6.45) is 0. The van der Waals surface area contributed by atoms with Crippen LogP contribution in [0, 0.1) is 0 Å². The van der Waals surface area contributed by atoms with Crippen LogP contribution in [0.2, 0.25) is 0 Å². The quantitative estimate of drug-likeness (QED) is 0.372. The molecule has 0 radical (unpaired) electrons. The molecule has 0 atom stereocenters. The summed E-state index contributed by atoms with van der Waals surface area (Å²) in [6, 6.07) is 25.6. The van der Waals surface area contributed by atoms with Crippen molar-refractivity contribution in [2.24, 2.45) is 0 Å². The van der Waals surface area contributed by atoms with E-state index in [4.69, 9.17) is 4.98 Å². The highest BCUT2D eigenvalue weighted by atomic mass is 79.9. The molecule has 0 bridgehead atoms. The second-order valence-electron chi connectivity index (χ2n) is 6.92. The molecule has 0 fully saturated rings. The average molecular weight is 405 g/mol. The summed E-state index contributed by atoms with van der Waals surface area (Å²) in [5.74, 6) is 1.54. The number of fused-ring (bicyclic) bond motifs is 1. The molecule has 0 spiro atoms. The molecule has 3 heteroatoms. The third-order valence-corrected chi connectivity index (χ3v) is 5.22. The van der Waals surface area contributed by atoms with Crippen molar-refractivity contribution in [1.29, 1.82) is 0 Å². The van der Waals surface area contributed by atoms with Gasteiger partial charge < -0.3 is 4.57 Å². The smallest absolute Gasteiger partial charge is 0.141 e. The minimum atomic E-state index is 0.531. The number of nitrogens with zero attached hydrogens (tertiary/aromatic N) is 2. The van der Waals surface area contributed by atoms with E-state index in [0.29, 0.717) is 5.92 Å². The lowest BCUT2D eigenvalue weighted by molar-refractivity contribution is 0.833. The first-order valence-electron chi connectivity index (χ1n) is 8.92. The molecular weight excluding hydrogens is 384 g/mol. The Kier molecular flexibility index (Phi) is 4.64. The van der Waals surface area contributed by atoms with Crippen LogP contribution in [-0.2, 0) is 6.54 Å². The van der Waals surface area contributed by atoms with Gasteiger partial charge >= 0.3 is 0 Å². The van der Waals surface area contributed by atoms with E-state index >= 15 is 0 Å². The Morgan fingerprint density at radius 2 is 1.65 bits per heavy atom. The lowest BCUT2D eigenvalue weighted by Gasteiger charge is -2.11.